The predicted molar refractivity (Wildman–Crippen MR) is 85.0 cm³/mol. The fraction of sp³-hybridized carbons (Fsp3) is 0. The maximum Gasteiger partial charge on any atom is 0.153 e. The highest BCUT2D eigenvalue weighted by Crippen LogP contribution is 2.32. The van der Waals surface area contributed by atoms with Crippen LogP contribution in [0.5, 0.6) is 0 Å². The molecule has 20 heavy (non-hydrogen) atoms. The number of carbonyl (C=O) groups excluding carboxylic acids is 1. The fourth-order valence-corrected chi connectivity index (χ4v) is 3.48. The Kier molecular flexibility index (Phi) is 3.74. The van der Waals surface area contributed by atoms with Crippen LogP contribution in [0.1, 0.15) is 10.4 Å². The van der Waals surface area contributed by atoms with Gasteiger partial charge in [-0.3, -0.25) is 4.79 Å². The lowest BCUT2D eigenvalue weighted by Crippen LogP contribution is -1.95. The molecule has 0 amide bonds. The molecule has 0 bridgehead atoms. The van der Waals surface area contributed by atoms with Gasteiger partial charge in [-0.05, 0) is 40.2 Å². The first-order valence-corrected chi connectivity index (χ1v) is 7.73. The van der Waals surface area contributed by atoms with Gasteiger partial charge in [-0.15, -0.1) is 11.3 Å². The molecule has 100 valence electrons. The van der Waals surface area contributed by atoms with Crippen molar-refractivity contribution in [2.24, 2.45) is 0 Å². The smallest absolute Gasteiger partial charge is 0.153 e. The van der Waals surface area contributed by atoms with Crippen molar-refractivity contribution >= 4 is 45.2 Å². The molecule has 2 heterocycles. The molecule has 1 aromatic carbocycles. The van der Waals surface area contributed by atoms with E-state index in [-0.39, 0.29) is 0 Å². The largest absolute Gasteiger partial charge is 0.298 e. The van der Waals surface area contributed by atoms with Crippen LogP contribution in [0, 0.1) is 0 Å². The van der Waals surface area contributed by atoms with Crippen LogP contribution in [0.3, 0.4) is 0 Å². The first kappa shape index (κ1) is 13.5. The zero-order chi connectivity index (χ0) is 14.1. The third kappa shape index (κ3) is 2.44. The second-order valence-corrected chi connectivity index (χ2v) is 6.92. The molecule has 0 aliphatic rings. The Balaban J connectivity index is 2.14. The van der Waals surface area contributed by atoms with Crippen LogP contribution < -0.4 is 0 Å². The average molecular weight is 368 g/mol. The summed E-state index contributed by atoms with van der Waals surface area (Å²) in [6.07, 6.45) is 2.50. The molecule has 0 atom stereocenters. The molecule has 3 aromatic rings. The SMILES string of the molecule is O=Cc1cn(-c2ccccc2Cl)nc1-c1ccc(Br)s1. The van der Waals surface area contributed by atoms with Gasteiger partial charge in [0, 0.05) is 6.20 Å². The number of thiophene rings is 1. The topological polar surface area (TPSA) is 34.9 Å². The van der Waals surface area contributed by atoms with Gasteiger partial charge in [-0.25, -0.2) is 4.68 Å². The van der Waals surface area contributed by atoms with Crippen molar-refractivity contribution in [1.29, 1.82) is 0 Å². The van der Waals surface area contributed by atoms with Crippen LogP contribution in [-0.2, 0) is 0 Å². The highest BCUT2D eigenvalue weighted by atomic mass is 79.9. The molecule has 0 aliphatic heterocycles. The van der Waals surface area contributed by atoms with Crippen LogP contribution >= 0.6 is 38.9 Å². The summed E-state index contributed by atoms with van der Waals surface area (Å²) in [5.41, 5.74) is 1.95. The van der Waals surface area contributed by atoms with E-state index in [1.807, 2.05) is 30.3 Å². The summed E-state index contributed by atoms with van der Waals surface area (Å²) in [4.78, 5) is 12.2. The van der Waals surface area contributed by atoms with Gasteiger partial charge in [0.25, 0.3) is 0 Å². The summed E-state index contributed by atoms with van der Waals surface area (Å²) in [6, 6.07) is 11.3. The number of halogens is 2. The van der Waals surface area contributed by atoms with E-state index in [0.717, 1.165) is 20.6 Å². The van der Waals surface area contributed by atoms with Crippen molar-refractivity contribution in [3.8, 4) is 16.3 Å². The third-order valence-corrected chi connectivity index (χ3v) is 4.73. The van der Waals surface area contributed by atoms with Crippen LogP contribution in [0.15, 0.2) is 46.4 Å². The average Bonchev–Trinajstić information content (AvgIpc) is 3.05. The highest BCUT2D eigenvalue weighted by molar-refractivity contribution is 9.11. The summed E-state index contributed by atoms with van der Waals surface area (Å²) in [5, 5.41) is 5.08. The minimum atomic E-state index is 0.541. The van der Waals surface area contributed by atoms with Crippen molar-refractivity contribution < 1.29 is 4.79 Å². The molecule has 0 saturated heterocycles. The number of nitrogens with zero attached hydrogens (tertiary/aromatic N) is 2. The minimum Gasteiger partial charge on any atom is -0.298 e. The van der Waals surface area contributed by atoms with Crippen molar-refractivity contribution in [2.75, 3.05) is 0 Å². The number of aromatic nitrogens is 2. The van der Waals surface area contributed by atoms with E-state index in [1.54, 1.807) is 16.9 Å². The lowest BCUT2D eigenvalue weighted by atomic mass is 10.2. The van der Waals surface area contributed by atoms with E-state index in [4.69, 9.17) is 11.6 Å². The summed E-state index contributed by atoms with van der Waals surface area (Å²) >= 11 is 11.1. The minimum absolute atomic E-state index is 0.541. The van der Waals surface area contributed by atoms with E-state index < -0.39 is 0 Å². The normalized spacial score (nSPS) is 10.7. The molecular formula is C14H8BrClN2OS. The molecule has 6 heteroatoms. The van der Waals surface area contributed by atoms with Gasteiger partial charge in [-0.1, -0.05) is 23.7 Å². The van der Waals surface area contributed by atoms with E-state index in [0.29, 0.717) is 16.3 Å². The van der Waals surface area contributed by atoms with Crippen molar-refractivity contribution in [3.63, 3.8) is 0 Å². The van der Waals surface area contributed by atoms with Crippen molar-refractivity contribution in [2.45, 2.75) is 0 Å². The maximum absolute atomic E-state index is 11.2. The molecule has 0 unspecified atom stereocenters. The monoisotopic (exact) mass is 366 g/mol. The molecule has 0 radical (unpaired) electrons. The van der Waals surface area contributed by atoms with Gasteiger partial charge in [-0.2, -0.15) is 5.10 Å². The van der Waals surface area contributed by atoms with Gasteiger partial charge >= 0.3 is 0 Å². The lowest BCUT2D eigenvalue weighted by Gasteiger charge is -2.02. The Morgan fingerprint density at radius 2 is 2.05 bits per heavy atom. The molecule has 3 rings (SSSR count). The van der Waals surface area contributed by atoms with Gasteiger partial charge in [0.05, 0.1) is 24.9 Å². The molecule has 0 aliphatic carbocycles. The standard InChI is InChI=1S/C14H8BrClN2OS/c15-13-6-5-12(20-13)14-9(8-19)7-18(17-14)11-4-2-1-3-10(11)16/h1-8H. The zero-order valence-electron chi connectivity index (χ0n) is 10.1. The number of rotatable bonds is 3. The number of aldehydes is 1. The summed E-state index contributed by atoms with van der Waals surface area (Å²) in [5.74, 6) is 0. The molecule has 0 fully saturated rings. The molecule has 2 aromatic heterocycles. The number of carbonyl (C=O) groups is 1. The van der Waals surface area contributed by atoms with Crippen molar-refractivity contribution in [3.05, 3.63) is 57.0 Å². The summed E-state index contributed by atoms with van der Waals surface area (Å²) in [7, 11) is 0. The van der Waals surface area contributed by atoms with Crippen LogP contribution in [0.25, 0.3) is 16.3 Å². The van der Waals surface area contributed by atoms with Crippen LogP contribution in [0.4, 0.5) is 0 Å². The number of benzene rings is 1. The van der Waals surface area contributed by atoms with Gasteiger partial charge in [0.1, 0.15) is 5.69 Å². The summed E-state index contributed by atoms with van der Waals surface area (Å²) in [6.45, 7) is 0. The summed E-state index contributed by atoms with van der Waals surface area (Å²) < 4.78 is 2.63. The van der Waals surface area contributed by atoms with E-state index in [9.17, 15) is 4.79 Å². The maximum atomic E-state index is 11.2. The third-order valence-electron chi connectivity index (χ3n) is 2.78. The Morgan fingerprint density at radius 3 is 2.70 bits per heavy atom. The van der Waals surface area contributed by atoms with E-state index in [2.05, 4.69) is 21.0 Å². The second-order valence-electron chi connectivity index (χ2n) is 4.05. The number of hydrogen-bond donors (Lipinski definition) is 0. The molecule has 0 saturated carbocycles. The van der Waals surface area contributed by atoms with Gasteiger partial charge < -0.3 is 0 Å². The second kappa shape index (κ2) is 5.52. The number of para-hydroxylation sites is 1. The Morgan fingerprint density at radius 1 is 1.25 bits per heavy atom. The zero-order valence-corrected chi connectivity index (χ0v) is 13.2. The van der Waals surface area contributed by atoms with Crippen molar-refractivity contribution in [1.82, 2.24) is 9.78 Å². The molecule has 3 nitrogen and oxygen atoms in total. The predicted octanol–water partition coefficient (Wildman–Crippen LogP) is 4.83. The molecular weight excluding hydrogens is 360 g/mol. The fourth-order valence-electron chi connectivity index (χ4n) is 1.87. The highest BCUT2D eigenvalue weighted by Gasteiger charge is 2.14. The van der Waals surface area contributed by atoms with E-state index in [1.165, 1.54) is 11.3 Å². The first-order valence-electron chi connectivity index (χ1n) is 5.74. The quantitative estimate of drug-likeness (QED) is 0.622. The van der Waals surface area contributed by atoms with Gasteiger partial charge in [0.15, 0.2) is 6.29 Å². The lowest BCUT2D eigenvalue weighted by molar-refractivity contribution is 0.112. The molecule has 0 N–H and O–H groups in total. The Labute approximate surface area is 132 Å². The number of hydrogen-bond acceptors (Lipinski definition) is 3. The molecule has 0 spiro atoms. The van der Waals surface area contributed by atoms with Crippen LogP contribution in [0.2, 0.25) is 5.02 Å². The van der Waals surface area contributed by atoms with E-state index >= 15 is 0 Å². The first-order chi connectivity index (χ1) is 9.69. The Hall–Kier alpha value is -1.43. The van der Waals surface area contributed by atoms with Gasteiger partial charge in [0.2, 0.25) is 0 Å². The van der Waals surface area contributed by atoms with Crippen LogP contribution in [-0.4, -0.2) is 16.1 Å². The Bertz CT molecular complexity index is 781.